The quantitative estimate of drug-likeness (QED) is 0.420. The van der Waals surface area contributed by atoms with E-state index >= 15 is 0 Å². The molecule has 0 heterocycles. The van der Waals surface area contributed by atoms with E-state index in [-0.39, 0.29) is 0 Å². The van der Waals surface area contributed by atoms with Crippen molar-refractivity contribution in [2.75, 3.05) is 0 Å². The Morgan fingerprint density at radius 2 is 2.20 bits per heavy atom. The Morgan fingerprint density at radius 1 is 1.50 bits per heavy atom. The molecular formula is C6H7BO2S. The van der Waals surface area contributed by atoms with Gasteiger partial charge >= 0.3 is 7.12 Å². The van der Waals surface area contributed by atoms with Crippen LogP contribution in [0.25, 0.3) is 0 Å². The first-order valence-electron chi connectivity index (χ1n) is 2.98. The Labute approximate surface area is 65.0 Å². The van der Waals surface area contributed by atoms with Gasteiger partial charge in [-0.2, -0.15) is 0 Å². The molecule has 1 rings (SSSR count). The first-order valence-corrected chi connectivity index (χ1v) is 3.38. The van der Waals surface area contributed by atoms with E-state index in [9.17, 15) is 0 Å². The topological polar surface area (TPSA) is 40.5 Å². The molecule has 10 heavy (non-hydrogen) atoms. The molecule has 1 aliphatic rings. The van der Waals surface area contributed by atoms with Gasteiger partial charge in [0.15, 0.2) is 0 Å². The molecule has 0 aliphatic heterocycles. The first-order chi connectivity index (χ1) is 4.72. The minimum atomic E-state index is -1.42. The normalized spacial score (nSPS) is 17.0. The van der Waals surface area contributed by atoms with Crippen molar-refractivity contribution < 1.29 is 10.0 Å². The molecule has 2 N–H and O–H groups in total. The van der Waals surface area contributed by atoms with Crippen LogP contribution in [0.5, 0.6) is 0 Å². The minimum absolute atomic E-state index is 0.442. The van der Waals surface area contributed by atoms with Crippen LogP contribution in [0.4, 0.5) is 0 Å². The fourth-order valence-electron chi connectivity index (χ4n) is 0.788. The summed E-state index contributed by atoms with van der Waals surface area (Å²) in [4.78, 5) is 0.609. The second-order valence-corrected chi connectivity index (χ2v) is 2.54. The lowest BCUT2D eigenvalue weighted by atomic mass is 9.75. The number of allylic oxidation sites excluding steroid dienone is 4. The molecule has 0 atom stereocenters. The third-order valence-electron chi connectivity index (χ3n) is 1.32. The summed E-state index contributed by atoms with van der Waals surface area (Å²) in [7, 11) is -1.42. The Balaban J connectivity index is 2.80. The average Bonchev–Trinajstić information content (AvgIpc) is 1.88. The van der Waals surface area contributed by atoms with Gasteiger partial charge in [-0.15, -0.1) is 0 Å². The van der Waals surface area contributed by atoms with Crippen LogP contribution in [0, 0.1) is 0 Å². The number of thiocarbonyl (C=S) groups is 1. The van der Waals surface area contributed by atoms with Crippen molar-refractivity contribution in [2.45, 2.75) is 6.42 Å². The molecule has 0 aromatic carbocycles. The fraction of sp³-hybridized carbons (Fsp3) is 0.167. The van der Waals surface area contributed by atoms with Crippen LogP contribution >= 0.6 is 12.2 Å². The molecule has 0 saturated carbocycles. The van der Waals surface area contributed by atoms with Crippen LogP contribution in [0.2, 0.25) is 0 Å². The summed E-state index contributed by atoms with van der Waals surface area (Å²) >= 11 is 4.86. The van der Waals surface area contributed by atoms with Crippen molar-refractivity contribution in [2.24, 2.45) is 0 Å². The van der Waals surface area contributed by atoms with Gasteiger partial charge in [0.2, 0.25) is 0 Å². The third kappa shape index (κ3) is 1.53. The van der Waals surface area contributed by atoms with E-state index in [0.717, 1.165) is 0 Å². The molecule has 2 nitrogen and oxygen atoms in total. The predicted molar refractivity (Wildman–Crippen MR) is 44.6 cm³/mol. The van der Waals surface area contributed by atoms with E-state index in [4.69, 9.17) is 22.3 Å². The van der Waals surface area contributed by atoms with Gasteiger partial charge in [0, 0.05) is 11.3 Å². The highest BCUT2D eigenvalue weighted by Crippen LogP contribution is 2.10. The van der Waals surface area contributed by atoms with Gasteiger partial charge in [-0.05, 0) is 5.47 Å². The maximum atomic E-state index is 8.71. The van der Waals surface area contributed by atoms with Crippen LogP contribution < -0.4 is 0 Å². The van der Waals surface area contributed by atoms with Gasteiger partial charge in [0.1, 0.15) is 0 Å². The van der Waals surface area contributed by atoms with Crippen LogP contribution in [0.15, 0.2) is 23.7 Å². The Morgan fingerprint density at radius 3 is 2.60 bits per heavy atom. The smallest absolute Gasteiger partial charge is 0.423 e. The van der Waals surface area contributed by atoms with Gasteiger partial charge in [-0.25, -0.2) is 0 Å². The lowest BCUT2D eigenvalue weighted by molar-refractivity contribution is 0.421. The highest BCUT2D eigenvalue weighted by molar-refractivity contribution is 7.81. The standard InChI is InChI=1S/C6H7BO2S/c8-7(9)5-3-1-2-4-6(5)10/h1-3,8-9H,4H2. The van der Waals surface area contributed by atoms with Crippen LogP contribution in [0.3, 0.4) is 0 Å². The molecule has 0 aromatic rings. The largest absolute Gasteiger partial charge is 0.489 e. The van der Waals surface area contributed by atoms with Crippen molar-refractivity contribution in [3.05, 3.63) is 23.7 Å². The van der Waals surface area contributed by atoms with E-state index in [1.165, 1.54) is 0 Å². The summed E-state index contributed by atoms with van der Waals surface area (Å²) in [6.45, 7) is 0. The number of hydrogen-bond donors (Lipinski definition) is 2. The molecule has 0 saturated heterocycles. The molecule has 0 spiro atoms. The first kappa shape index (κ1) is 7.66. The molecule has 52 valence electrons. The van der Waals surface area contributed by atoms with Gasteiger partial charge in [0.25, 0.3) is 0 Å². The summed E-state index contributed by atoms with van der Waals surface area (Å²) in [6.07, 6.45) is 5.91. The zero-order valence-corrected chi connectivity index (χ0v) is 6.14. The van der Waals surface area contributed by atoms with Crippen molar-refractivity contribution in [3.8, 4) is 0 Å². The van der Waals surface area contributed by atoms with Crippen LogP contribution in [0.1, 0.15) is 6.42 Å². The van der Waals surface area contributed by atoms with Gasteiger partial charge in [-0.3, -0.25) is 0 Å². The summed E-state index contributed by atoms with van der Waals surface area (Å²) in [6, 6.07) is 0. The summed E-state index contributed by atoms with van der Waals surface area (Å²) in [5.41, 5.74) is 0.442. The Hall–Kier alpha value is -0.445. The van der Waals surface area contributed by atoms with E-state index < -0.39 is 7.12 Å². The molecule has 0 fully saturated rings. The zero-order valence-electron chi connectivity index (χ0n) is 5.32. The van der Waals surface area contributed by atoms with Gasteiger partial charge in [-0.1, -0.05) is 30.4 Å². The lowest BCUT2D eigenvalue weighted by Crippen LogP contribution is -2.22. The Kier molecular flexibility index (Phi) is 2.37. The van der Waals surface area contributed by atoms with Gasteiger partial charge in [0.05, 0.1) is 0 Å². The molecular weight excluding hydrogens is 147 g/mol. The highest BCUT2D eigenvalue weighted by atomic mass is 32.1. The fourth-order valence-corrected chi connectivity index (χ4v) is 1.06. The maximum Gasteiger partial charge on any atom is 0.489 e. The molecule has 1 aliphatic carbocycles. The summed E-state index contributed by atoms with van der Waals surface area (Å²) in [5.74, 6) is 0. The van der Waals surface area contributed by atoms with Crippen LogP contribution in [-0.2, 0) is 0 Å². The van der Waals surface area contributed by atoms with Crippen molar-refractivity contribution in [1.82, 2.24) is 0 Å². The highest BCUT2D eigenvalue weighted by Gasteiger charge is 2.18. The second kappa shape index (κ2) is 3.10. The molecule has 4 heteroatoms. The predicted octanol–water partition coefficient (Wildman–Crippen LogP) is 0.255. The zero-order chi connectivity index (χ0) is 7.56. The van der Waals surface area contributed by atoms with E-state index in [2.05, 4.69) is 0 Å². The number of rotatable bonds is 1. The van der Waals surface area contributed by atoms with Crippen LogP contribution in [-0.4, -0.2) is 22.0 Å². The van der Waals surface area contributed by atoms with E-state index in [1.54, 1.807) is 12.2 Å². The molecule has 0 bridgehead atoms. The average molecular weight is 154 g/mol. The van der Waals surface area contributed by atoms with Crippen molar-refractivity contribution in [1.29, 1.82) is 0 Å². The van der Waals surface area contributed by atoms with Crippen molar-refractivity contribution in [3.63, 3.8) is 0 Å². The molecule has 0 unspecified atom stereocenters. The maximum absolute atomic E-state index is 8.71. The molecule has 0 aromatic heterocycles. The SMILES string of the molecule is OB(O)C1=CC=CCC1=S. The molecule has 0 radical (unpaired) electrons. The summed E-state index contributed by atoms with van der Waals surface area (Å²) < 4.78 is 0. The van der Waals surface area contributed by atoms with Crippen molar-refractivity contribution >= 4 is 24.2 Å². The Bertz CT molecular complexity index is 208. The van der Waals surface area contributed by atoms with E-state index in [0.29, 0.717) is 16.8 Å². The lowest BCUT2D eigenvalue weighted by Gasteiger charge is -2.07. The second-order valence-electron chi connectivity index (χ2n) is 2.05. The minimum Gasteiger partial charge on any atom is -0.423 e. The monoisotopic (exact) mass is 154 g/mol. The molecule has 0 amide bonds. The van der Waals surface area contributed by atoms with Gasteiger partial charge < -0.3 is 10.0 Å². The van der Waals surface area contributed by atoms with E-state index in [1.807, 2.05) is 6.08 Å². The summed E-state index contributed by atoms with van der Waals surface area (Å²) in [5, 5.41) is 17.4. The third-order valence-corrected chi connectivity index (χ3v) is 1.72. The number of hydrogen-bond acceptors (Lipinski definition) is 3.